The minimum absolute atomic E-state index is 0. The molecule has 0 spiro atoms. The van der Waals surface area contributed by atoms with Gasteiger partial charge in [-0.2, -0.15) is 0 Å². The molecule has 1 aliphatic heterocycles. The normalized spacial score (nSPS) is 14.6. The van der Waals surface area contributed by atoms with Crippen molar-refractivity contribution in [2.45, 2.75) is 52.8 Å². The molecule has 28 heavy (non-hydrogen) atoms. The molecule has 1 fully saturated rings. The van der Waals surface area contributed by atoms with E-state index in [1.165, 1.54) is 0 Å². The van der Waals surface area contributed by atoms with E-state index >= 15 is 0 Å². The monoisotopic (exact) mass is 505 g/mol. The fourth-order valence-corrected chi connectivity index (χ4v) is 2.53. The number of amides is 1. The van der Waals surface area contributed by atoms with Crippen LogP contribution in [0.1, 0.15) is 40.2 Å². The quantitative estimate of drug-likeness (QED) is 0.351. The zero-order valence-electron chi connectivity index (χ0n) is 17.3. The van der Waals surface area contributed by atoms with Crippen LogP contribution in [0, 0.1) is 0 Å². The fourth-order valence-electron chi connectivity index (χ4n) is 2.53. The molecular weight excluding hydrogens is 473 g/mol. The van der Waals surface area contributed by atoms with Crippen LogP contribution in [0.4, 0.5) is 4.79 Å². The minimum atomic E-state index is -0.478. The van der Waals surface area contributed by atoms with Crippen molar-refractivity contribution in [3.63, 3.8) is 0 Å². The first-order valence-electron chi connectivity index (χ1n) is 9.41. The number of aliphatic imine (C=N–C) groups is 1. The van der Waals surface area contributed by atoms with E-state index in [1.807, 2.05) is 46.8 Å². The maximum absolute atomic E-state index is 12.0. The second-order valence-corrected chi connectivity index (χ2v) is 7.32. The fraction of sp³-hybridized carbons (Fsp3) is 0.632. The van der Waals surface area contributed by atoms with E-state index in [-0.39, 0.29) is 36.1 Å². The Morgan fingerprint density at radius 3 is 2.68 bits per heavy atom. The lowest BCUT2D eigenvalue weighted by Gasteiger charge is -2.40. The number of carbonyl (C=O) groups excluding carboxylic acids is 1. The van der Waals surface area contributed by atoms with Crippen molar-refractivity contribution in [2.24, 2.45) is 4.99 Å². The molecule has 8 nitrogen and oxygen atoms in total. The number of likely N-dealkylation sites (tertiary alicyclic amines) is 1. The van der Waals surface area contributed by atoms with Gasteiger partial charge in [0.2, 0.25) is 5.88 Å². The summed E-state index contributed by atoms with van der Waals surface area (Å²) in [7, 11) is 0. The van der Waals surface area contributed by atoms with Gasteiger partial charge in [0, 0.05) is 31.4 Å². The third-order valence-corrected chi connectivity index (χ3v) is 3.76. The molecule has 0 radical (unpaired) electrons. The van der Waals surface area contributed by atoms with Crippen LogP contribution in [0.25, 0.3) is 0 Å². The highest BCUT2D eigenvalue weighted by atomic mass is 127. The molecule has 2 N–H and O–H groups in total. The summed E-state index contributed by atoms with van der Waals surface area (Å²) in [5.41, 5.74) is 0.453. The number of nitrogens with one attached hydrogen (secondary N) is 2. The molecule has 0 aliphatic carbocycles. The summed E-state index contributed by atoms with van der Waals surface area (Å²) in [5.74, 6) is 1.32. The zero-order chi connectivity index (χ0) is 19.9. The summed E-state index contributed by atoms with van der Waals surface area (Å²) in [6.45, 7) is 12.5. The highest BCUT2D eigenvalue weighted by Gasteiger charge is 2.34. The van der Waals surface area contributed by atoms with E-state index in [1.54, 1.807) is 11.1 Å². The smallest absolute Gasteiger partial charge is 0.410 e. The third-order valence-electron chi connectivity index (χ3n) is 3.76. The van der Waals surface area contributed by atoms with E-state index < -0.39 is 5.60 Å². The van der Waals surface area contributed by atoms with Gasteiger partial charge in [-0.3, -0.25) is 0 Å². The molecule has 1 aromatic rings. The van der Waals surface area contributed by atoms with E-state index in [4.69, 9.17) is 9.47 Å². The lowest BCUT2D eigenvalue weighted by Crippen LogP contribution is -2.63. The molecular formula is C19H32IN5O3. The molecule has 0 unspecified atom stereocenters. The highest BCUT2D eigenvalue weighted by molar-refractivity contribution is 14.0. The summed E-state index contributed by atoms with van der Waals surface area (Å²) in [4.78, 5) is 22.6. The summed E-state index contributed by atoms with van der Waals surface area (Å²) in [6.07, 6.45) is 1.43. The Morgan fingerprint density at radius 2 is 2.07 bits per heavy atom. The molecule has 0 atom stereocenters. The van der Waals surface area contributed by atoms with Crippen LogP contribution in [0.3, 0.4) is 0 Å². The number of rotatable bonds is 6. The number of ether oxygens (including phenoxy) is 2. The maximum Gasteiger partial charge on any atom is 0.410 e. The Kier molecular flexibility index (Phi) is 9.77. The Labute approximate surface area is 184 Å². The van der Waals surface area contributed by atoms with Gasteiger partial charge >= 0.3 is 6.09 Å². The average molecular weight is 505 g/mol. The second-order valence-electron chi connectivity index (χ2n) is 7.32. The molecule has 2 heterocycles. The Hall–Kier alpha value is -1.78. The van der Waals surface area contributed by atoms with Crippen molar-refractivity contribution in [1.82, 2.24) is 20.5 Å². The van der Waals surface area contributed by atoms with Crippen LogP contribution in [-0.2, 0) is 11.3 Å². The summed E-state index contributed by atoms with van der Waals surface area (Å²) in [6, 6.07) is 3.98. The Balaban J connectivity index is 0.00000392. The lowest BCUT2D eigenvalue weighted by atomic mass is 10.1. The van der Waals surface area contributed by atoms with Crippen LogP contribution >= 0.6 is 24.0 Å². The standard InChI is InChI=1S/C19H31N5O3.HI/c1-6-20-17(22-11-14-9-8-10-21-16(14)26-7-2)23-15-12-24(13-15)18(25)27-19(3,4)5;/h8-10,15H,6-7,11-13H2,1-5H3,(H2,20,22,23);1H. The van der Waals surface area contributed by atoms with Gasteiger partial charge in [-0.1, -0.05) is 6.07 Å². The van der Waals surface area contributed by atoms with Crippen molar-refractivity contribution in [3.05, 3.63) is 23.9 Å². The summed E-state index contributed by atoms with van der Waals surface area (Å²) >= 11 is 0. The van der Waals surface area contributed by atoms with Gasteiger partial charge in [0.05, 0.1) is 19.2 Å². The molecule has 9 heteroatoms. The molecule has 0 aromatic carbocycles. The molecule has 1 saturated heterocycles. The number of nitrogens with zero attached hydrogens (tertiary/aromatic N) is 3. The predicted molar refractivity (Wildman–Crippen MR) is 120 cm³/mol. The van der Waals surface area contributed by atoms with Gasteiger partial charge in [-0.05, 0) is 40.7 Å². The molecule has 2 rings (SSSR count). The van der Waals surface area contributed by atoms with Gasteiger partial charge in [-0.15, -0.1) is 24.0 Å². The Bertz CT molecular complexity index is 657. The van der Waals surface area contributed by atoms with E-state index in [0.29, 0.717) is 38.1 Å². The molecule has 1 aromatic heterocycles. The number of hydrogen-bond donors (Lipinski definition) is 2. The van der Waals surface area contributed by atoms with Crippen molar-refractivity contribution in [1.29, 1.82) is 0 Å². The number of pyridine rings is 1. The number of hydrogen-bond acceptors (Lipinski definition) is 5. The molecule has 0 saturated carbocycles. The number of guanidine groups is 1. The van der Waals surface area contributed by atoms with E-state index in [0.717, 1.165) is 12.1 Å². The molecule has 1 aliphatic rings. The van der Waals surface area contributed by atoms with Crippen molar-refractivity contribution >= 4 is 36.0 Å². The maximum atomic E-state index is 12.0. The van der Waals surface area contributed by atoms with Gasteiger partial charge in [-0.25, -0.2) is 14.8 Å². The third kappa shape index (κ3) is 7.69. The summed E-state index contributed by atoms with van der Waals surface area (Å²) < 4.78 is 10.9. The van der Waals surface area contributed by atoms with Crippen molar-refractivity contribution in [2.75, 3.05) is 26.2 Å². The summed E-state index contributed by atoms with van der Waals surface area (Å²) in [5, 5.41) is 6.58. The molecule has 0 bridgehead atoms. The van der Waals surface area contributed by atoms with Crippen LogP contribution in [0.2, 0.25) is 0 Å². The molecule has 1 amide bonds. The highest BCUT2D eigenvalue weighted by Crippen LogP contribution is 2.16. The number of carbonyl (C=O) groups is 1. The topological polar surface area (TPSA) is 88.1 Å². The average Bonchev–Trinajstić information content (AvgIpc) is 2.55. The van der Waals surface area contributed by atoms with Crippen LogP contribution in [0.15, 0.2) is 23.3 Å². The number of aromatic nitrogens is 1. The van der Waals surface area contributed by atoms with Gasteiger partial charge in [0.25, 0.3) is 0 Å². The first kappa shape index (κ1) is 24.3. The van der Waals surface area contributed by atoms with Gasteiger partial charge in [0.15, 0.2) is 5.96 Å². The predicted octanol–water partition coefficient (Wildman–Crippen LogP) is 2.77. The van der Waals surface area contributed by atoms with Crippen molar-refractivity contribution < 1.29 is 14.3 Å². The molecule has 158 valence electrons. The number of halogens is 1. The first-order valence-corrected chi connectivity index (χ1v) is 9.41. The van der Waals surface area contributed by atoms with Crippen molar-refractivity contribution in [3.8, 4) is 5.88 Å². The van der Waals surface area contributed by atoms with E-state index in [2.05, 4.69) is 20.6 Å². The van der Waals surface area contributed by atoms with Gasteiger partial charge < -0.3 is 25.0 Å². The SMILES string of the molecule is CCNC(=NCc1cccnc1OCC)NC1CN(C(=O)OC(C)(C)C)C1.I. The van der Waals surface area contributed by atoms with Crippen LogP contribution in [-0.4, -0.2) is 59.8 Å². The van der Waals surface area contributed by atoms with Gasteiger partial charge in [0.1, 0.15) is 5.60 Å². The second kappa shape index (κ2) is 11.3. The minimum Gasteiger partial charge on any atom is -0.478 e. The lowest BCUT2D eigenvalue weighted by molar-refractivity contribution is 0.00700. The largest absolute Gasteiger partial charge is 0.478 e. The Morgan fingerprint density at radius 1 is 1.36 bits per heavy atom. The van der Waals surface area contributed by atoms with Crippen LogP contribution in [0.5, 0.6) is 5.88 Å². The van der Waals surface area contributed by atoms with E-state index in [9.17, 15) is 4.79 Å². The zero-order valence-corrected chi connectivity index (χ0v) is 19.6. The first-order chi connectivity index (χ1) is 12.8. The van der Waals surface area contributed by atoms with Crippen LogP contribution < -0.4 is 15.4 Å².